The van der Waals surface area contributed by atoms with Crippen molar-refractivity contribution in [1.29, 1.82) is 0 Å². The van der Waals surface area contributed by atoms with Crippen LogP contribution in [-0.4, -0.2) is 57.0 Å². The highest BCUT2D eigenvalue weighted by atomic mass is 16.5. The lowest BCUT2D eigenvalue weighted by Crippen LogP contribution is -2.49. The van der Waals surface area contributed by atoms with E-state index in [0.29, 0.717) is 30.5 Å². The van der Waals surface area contributed by atoms with Gasteiger partial charge in [0.25, 0.3) is 5.91 Å². The van der Waals surface area contributed by atoms with Crippen molar-refractivity contribution in [3.8, 4) is 11.4 Å². The molecule has 0 N–H and O–H groups in total. The van der Waals surface area contributed by atoms with Crippen LogP contribution >= 0.6 is 0 Å². The molecule has 0 radical (unpaired) electrons. The first-order valence-corrected chi connectivity index (χ1v) is 9.47. The zero-order chi connectivity index (χ0) is 19.5. The van der Waals surface area contributed by atoms with Gasteiger partial charge in [-0.15, -0.1) is 0 Å². The second-order valence-electron chi connectivity index (χ2n) is 7.04. The van der Waals surface area contributed by atoms with E-state index < -0.39 is 0 Å². The normalized spacial score (nSPS) is 16.1. The largest absolute Gasteiger partial charge is 0.337 e. The number of piperazine rings is 1. The van der Waals surface area contributed by atoms with E-state index in [1.807, 2.05) is 48.2 Å². The number of pyridine rings is 1. The fraction of sp³-hybridized carbons (Fsp3) is 0.333. The highest BCUT2D eigenvalue weighted by Gasteiger charge is 2.28. The Balaban J connectivity index is 1.38. The molecule has 1 fully saturated rings. The molecule has 2 aromatic heterocycles. The van der Waals surface area contributed by atoms with Gasteiger partial charge in [-0.1, -0.05) is 41.1 Å². The zero-order valence-electron chi connectivity index (χ0n) is 16.1. The van der Waals surface area contributed by atoms with Crippen molar-refractivity contribution in [2.45, 2.75) is 19.9 Å². The summed E-state index contributed by atoms with van der Waals surface area (Å²) in [5.41, 5.74) is 2.63. The molecule has 7 nitrogen and oxygen atoms in total. The highest BCUT2D eigenvalue weighted by Crippen LogP contribution is 2.24. The van der Waals surface area contributed by atoms with Crippen molar-refractivity contribution in [3.05, 3.63) is 65.8 Å². The number of nitrogens with zero attached hydrogens (tertiary/aromatic N) is 5. The van der Waals surface area contributed by atoms with E-state index in [4.69, 9.17) is 4.52 Å². The highest BCUT2D eigenvalue weighted by molar-refractivity contribution is 5.92. The fourth-order valence-electron chi connectivity index (χ4n) is 3.34. The van der Waals surface area contributed by atoms with E-state index in [2.05, 4.69) is 26.9 Å². The Bertz CT molecular complexity index is 931. The summed E-state index contributed by atoms with van der Waals surface area (Å²) in [7, 11) is 0. The number of hydrogen-bond donors (Lipinski definition) is 0. The van der Waals surface area contributed by atoms with Crippen molar-refractivity contribution in [1.82, 2.24) is 24.9 Å². The quantitative estimate of drug-likeness (QED) is 0.696. The smallest absolute Gasteiger partial charge is 0.272 e. The molecule has 0 aliphatic carbocycles. The molecule has 1 saturated heterocycles. The van der Waals surface area contributed by atoms with Crippen LogP contribution < -0.4 is 0 Å². The van der Waals surface area contributed by atoms with Gasteiger partial charge in [0.05, 0.1) is 6.04 Å². The topological polar surface area (TPSA) is 75.4 Å². The first kappa shape index (κ1) is 18.3. The molecular formula is C21H23N5O2. The van der Waals surface area contributed by atoms with E-state index in [1.165, 1.54) is 5.56 Å². The maximum Gasteiger partial charge on any atom is 0.272 e. The molecule has 0 spiro atoms. The summed E-state index contributed by atoms with van der Waals surface area (Å²) in [6.45, 7) is 6.91. The minimum Gasteiger partial charge on any atom is -0.337 e. The maximum atomic E-state index is 12.5. The van der Waals surface area contributed by atoms with Gasteiger partial charge in [-0.2, -0.15) is 4.98 Å². The Kier molecular flexibility index (Phi) is 5.16. The molecule has 0 bridgehead atoms. The average Bonchev–Trinajstić information content (AvgIpc) is 3.24. The standard InChI is InChI=1S/C21H23N5O2/c1-15-6-8-17(9-7-15)19-23-20(28-24-19)16(2)25-11-13-26(14-12-25)21(27)18-5-3-4-10-22-18/h3-10,16H,11-14H2,1-2H3. The molecule has 144 valence electrons. The third kappa shape index (κ3) is 3.80. The van der Waals surface area contributed by atoms with Crippen molar-refractivity contribution in [2.24, 2.45) is 0 Å². The van der Waals surface area contributed by atoms with Crippen LogP contribution in [0, 0.1) is 6.92 Å². The molecule has 7 heteroatoms. The van der Waals surface area contributed by atoms with Gasteiger partial charge in [0.2, 0.25) is 11.7 Å². The van der Waals surface area contributed by atoms with Gasteiger partial charge in [0, 0.05) is 37.9 Å². The summed E-state index contributed by atoms with van der Waals surface area (Å²) in [6.07, 6.45) is 1.65. The van der Waals surface area contributed by atoms with Gasteiger partial charge in [0.1, 0.15) is 5.69 Å². The van der Waals surface area contributed by atoms with Gasteiger partial charge < -0.3 is 9.42 Å². The summed E-state index contributed by atoms with van der Waals surface area (Å²) in [6, 6.07) is 13.5. The van der Waals surface area contributed by atoms with Gasteiger partial charge >= 0.3 is 0 Å². The summed E-state index contributed by atoms with van der Waals surface area (Å²) in [4.78, 5) is 25.4. The number of amides is 1. The van der Waals surface area contributed by atoms with Crippen LogP contribution in [-0.2, 0) is 0 Å². The van der Waals surface area contributed by atoms with Crippen molar-refractivity contribution in [2.75, 3.05) is 26.2 Å². The molecule has 1 aliphatic heterocycles. The number of rotatable bonds is 4. The summed E-state index contributed by atoms with van der Waals surface area (Å²) in [5.74, 6) is 1.18. The Labute approximate surface area is 164 Å². The molecular weight excluding hydrogens is 354 g/mol. The second kappa shape index (κ2) is 7.90. The van der Waals surface area contributed by atoms with Crippen LogP contribution in [0.4, 0.5) is 0 Å². The molecule has 28 heavy (non-hydrogen) atoms. The van der Waals surface area contributed by atoms with Crippen LogP contribution in [0.25, 0.3) is 11.4 Å². The van der Waals surface area contributed by atoms with E-state index in [0.717, 1.165) is 18.7 Å². The Morgan fingerprint density at radius 3 is 2.50 bits per heavy atom. The Morgan fingerprint density at radius 1 is 1.07 bits per heavy atom. The lowest BCUT2D eigenvalue weighted by molar-refractivity contribution is 0.0546. The van der Waals surface area contributed by atoms with E-state index in [1.54, 1.807) is 12.3 Å². The molecule has 1 aliphatic rings. The number of carbonyl (C=O) groups excluding carboxylic acids is 1. The van der Waals surface area contributed by atoms with Crippen LogP contribution in [0.15, 0.2) is 53.2 Å². The molecule has 1 amide bonds. The predicted octanol–water partition coefficient (Wildman–Crippen LogP) is 2.96. The number of aryl methyl sites for hydroxylation is 1. The molecule has 3 aromatic rings. The van der Waals surface area contributed by atoms with Crippen LogP contribution in [0.1, 0.15) is 34.9 Å². The molecule has 1 unspecified atom stereocenters. The monoisotopic (exact) mass is 377 g/mol. The Morgan fingerprint density at radius 2 is 1.82 bits per heavy atom. The lowest BCUT2D eigenvalue weighted by atomic mass is 10.1. The third-order valence-electron chi connectivity index (χ3n) is 5.14. The van der Waals surface area contributed by atoms with E-state index >= 15 is 0 Å². The zero-order valence-corrected chi connectivity index (χ0v) is 16.1. The molecule has 4 rings (SSSR count). The fourth-order valence-corrected chi connectivity index (χ4v) is 3.34. The number of hydrogen-bond acceptors (Lipinski definition) is 6. The summed E-state index contributed by atoms with van der Waals surface area (Å²) >= 11 is 0. The van der Waals surface area contributed by atoms with Gasteiger partial charge in [-0.3, -0.25) is 14.7 Å². The summed E-state index contributed by atoms with van der Waals surface area (Å²) in [5, 5.41) is 4.13. The van der Waals surface area contributed by atoms with E-state index in [-0.39, 0.29) is 11.9 Å². The van der Waals surface area contributed by atoms with Crippen LogP contribution in [0.5, 0.6) is 0 Å². The molecule has 0 saturated carbocycles. The minimum absolute atomic E-state index is 0.00111. The van der Waals surface area contributed by atoms with Crippen molar-refractivity contribution >= 4 is 5.91 Å². The van der Waals surface area contributed by atoms with Crippen LogP contribution in [0.2, 0.25) is 0 Å². The average molecular weight is 377 g/mol. The van der Waals surface area contributed by atoms with Gasteiger partial charge in [-0.25, -0.2) is 0 Å². The molecule has 1 atom stereocenters. The second-order valence-corrected chi connectivity index (χ2v) is 7.04. The van der Waals surface area contributed by atoms with E-state index in [9.17, 15) is 4.79 Å². The van der Waals surface area contributed by atoms with Crippen LogP contribution in [0.3, 0.4) is 0 Å². The molecule has 3 heterocycles. The first-order chi connectivity index (χ1) is 13.6. The number of benzene rings is 1. The summed E-state index contributed by atoms with van der Waals surface area (Å²) < 4.78 is 5.51. The van der Waals surface area contributed by atoms with Crippen molar-refractivity contribution < 1.29 is 9.32 Å². The third-order valence-corrected chi connectivity index (χ3v) is 5.14. The van der Waals surface area contributed by atoms with Gasteiger partial charge in [0.15, 0.2) is 0 Å². The maximum absolute atomic E-state index is 12.5. The predicted molar refractivity (Wildman–Crippen MR) is 105 cm³/mol. The first-order valence-electron chi connectivity index (χ1n) is 9.47. The molecule has 1 aromatic carbocycles. The number of carbonyl (C=O) groups is 1. The lowest BCUT2D eigenvalue weighted by Gasteiger charge is -2.36. The number of aromatic nitrogens is 3. The van der Waals surface area contributed by atoms with Gasteiger partial charge in [-0.05, 0) is 26.0 Å². The SMILES string of the molecule is Cc1ccc(-c2noc(C(C)N3CCN(C(=O)c4ccccn4)CC3)n2)cc1. The minimum atomic E-state index is -0.0210. The van der Waals surface area contributed by atoms with Crippen molar-refractivity contribution in [3.63, 3.8) is 0 Å². The Hall–Kier alpha value is -3.06.